The van der Waals surface area contributed by atoms with E-state index in [-0.39, 0.29) is 5.60 Å². The lowest BCUT2D eigenvalue weighted by Gasteiger charge is -2.29. The highest BCUT2D eigenvalue weighted by Gasteiger charge is 2.20. The maximum absolute atomic E-state index is 5.98. The summed E-state index contributed by atoms with van der Waals surface area (Å²) in [5.74, 6) is 0. The summed E-state index contributed by atoms with van der Waals surface area (Å²) >= 11 is 0. The van der Waals surface area contributed by atoms with E-state index in [1.807, 2.05) is 0 Å². The van der Waals surface area contributed by atoms with E-state index in [0.717, 1.165) is 19.0 Å². The van der Waals surface area contributed by atoms with Crippen molar-refractivity contribution in [3.05, 3.63) is 0 Å². The van der Waals surface area contributed by atoms with Gasteiger partial charge in [-0.25, -0.2) is 0 Å². The van der Waals surface area contributed by atoms with Crippen LogP contribution in [0.3, 0.4) is 0 Å². The van der Waals surface area contributed by atoms with Gasteiger partial charge in [-0.3, -0.25) is 0 Å². The van der Waals surface area contributed by atoms with Gasteiger partial charge in [0.1, 0.15) is 0 Å². The smallest absolute Gasteiger partial charge is 0.0678 e. The second kappa shape index (κ2) is 5.86. The van der Waals surface area contributed by atoms with Crippen LogP contribution in [0, 0.1) is 0 Å². The second-order valence-electron chi connectivity index (χ2n) is 5.43. The van der Waals surface area contributed by atoms with Crippen molar-refractivity contribution >= 4 is 0 Å². The van der Waals surface area contributed by atoms with Crippen LogP contribution in [0.2, 0.25) is 0 Å². The van der Waals surface area contributed by atoms with Crippen molar-refractivity contribution in [1.82, 2.24) is 5.32 Å². The fourth-order valence-corrected chi connectivity index (χ4v) is 2.13. The summed E-state index contributed by atoms with van der Waals surface area (Å²) in [6.07, 6.45) is 6.88. The minimum absolute atomic E-state index is 0.0246. The van der Waals surface area contributed by atoms with E-state index >= 15 is 0 Å². The lowest BCUT2D eigenvalue weighted by molar-refractivity contribution is -0.0648. The Balaban J connectivity index is 2.15. The fraction of sp³-hybridized carbons (Fsp3) is 1.00. The van der Waals surface area contributed by atoms with Crippen LogP contribution in [0.4, 0.5) is 0 Å². The Morgan fingerprint density at radius 2 is 1.93 bits per heavy atom. The zero-order chi connectivity index (χ0) is 11.3. The lowest BCUT2D eigenvalue weighted by Crippen LogP contribution is -2.38. The third-order valence-electron chi connectivity index (χ3n) is 3.42. The van der Waals surface area contributed by atoms with Gasteiger partial charge >= 0.3 is 0 Å². The molecule has 2 nitrogen and oxygen atoms in total. The topological polar surface area (TPSA) is 21.3 Å². The molecule has 0 radical (unpaired) electrons. The van der Waals surface area contributed by atoms with Crippen molar-refractivity contribution in [3.8, 4) is 0 Å². The van der Waals surface area contributed by atoms with Gasteiger partial charge in [-0.1, -0.05) is 19.8 Å². The molecule has 0 aromatic carbocycles. The number of hydrogen-bond donors (Lipinski definition) is 1. The highest BCUT2D eigenvalue weighted by Crippen LogP contribution is 2.19. The Labute approximate surface area is 94.8 Å². The van der Waals surface area contributed by atoms with Crippen LogP contribution >= 0.6 is 0 Å². The van der Waals surface area contributed by atoms with Crippen molar-refractivity contribution in [1.29, 1.82) is 0 Å². The Bertz CT molecular complexity index is 173. The zero-order valence-electron chi connectivity index (χ0n) is 10.8. The summed E-state index contributed by atoms with van der Waals surface area (Å²) < 4.78 is 5.98. The molecule has 0 spiro atoms. The third-order valence-corrected chi connectivity index (χ3v) is 3.42. The van der Waals surface area contributed by atoms with Crippen molar-refractivity contribution in [2.24, 2.45) is 0 Å². The molecule has 1 atom stereocenters. The number of ether oxygens (including phenoxy) is 1. The van der Waals surface area contributed by atoms with Gasteiger partial charge in [0.25, 0.3) is 0 Å². The van der Waals surface area contributed by atoms with E-state index in [1.54, 1.807) is 0 Å². The van der Waals surface area contributed by atoms with E-state index in [9.17, 15) is 0 Å². The van der Waals surface area contributed by atoms with Gasteiger partial charge in [0.2, 0.25) is 0 Å². The quantitative estimate of drug-likeness (QED) is 0.732. The molecule has 0 saturated heterocycles. The second-order valence-corrected chi connectivity index (χ2v) is 5.43. The summed E-state index contributed by atoms with van der Waals surface area (Å²) in [5, 5.41) is 3.60. The van der Waals surface area contributed by atoms with Crippen molar-refractivity contribution in [3.63, 3.8) is 0 Å². The highest BCUT2D eigenvalue weighted by molar-refractivity contribution is 4.75. The van der Waals surface area contributed by atoms with Crippen LogP contribution in [-0.4, -0.2) is 24.3 Å². The maximum atomic E-state index is 5.98. The molecule has 1 fully saturated rings. The van der Waals surface area contributed by atoms with Crippen molar-refractivity contribution in [2.45, 2.75) is 77.5 Å². The fourth-order valence-electron chi connectivity index (χ4n) is 2.13. The van der Waals surface area contributed by atoms with Crippen LogP contribution in [0.5, 0.6) is 0 Å². The first kappa shape index (κ1) is 13.0. The van der Waals surface area contributed by atoms with Crippen LogP contribution in [0.25, 0.3) is 0 Å². The van der Waals surface area contributed by atoms with E-state index in [2.05, 4.69) is 33.0 Å². The van der Waals surface area contributed by atoms with E-state index < -0.39 is 0 Å². The highest BCUT2D eigenvalue weighted by atomic mass is 16.5. The van der Waals surface area contributed by atoms with E-state index in [4.69, 9.17) is 4.74 Å². The zero-order valence-corrected chi connectivity index (χ0v) is 10.8. The molecule has 0 amide bonds. The van der Waals surface area contributed by atoms with E-state index in [0.29, 0.717) is 6.10 Å². The minimum atomic E-state index is 0.0246. The van der Waals surface area contributed by atoms with Gasteiger partial charge in [0.05, 0.1) is 11.7 Å². The first-order valence-electron chi connectivity index (χ1n) is 6.44. The summed E-state index contributed by atoms with van der Waals surface area (Å²) in [6.45, 7) is 9.67. The SMILES string of the molecule is CCC(C)(C)OC(C)CNC1CCCC1. The third kappa shape index (κ3) is 4.98. The van der Waals surface area contributed by atoms with Gasteiger partial charge in [-0.05, 0) is 40.0 Å². The molecule has 0 bridgehead atoms. The van der Waals surface area contributed by atoms with Crippen molar-refractivity contribution < 1.29 is 4.74 Å². The lowest BCUT2D eigenvalue weighted by atomic mass is 10.1. The molecule has 90 valence electrons. The Kier molecular flexibility index (Phi) is 5.07. The molecule has 1 saturated carbocycles. The van der Waals surface area contributed by atoms with Crippen molar-refractivity contribution in [2.75, 3.05) is 6.54 Å². The Hall–Kier alpha value is -0.0800. The first-order valence-corrected chi connectivity index (χ1v) is 6.44. The van der Waals surface area contributed by atoms with Gasteiger partial charge in [0.15, 0.2) is 0 Å². The molecule has 1 N–H and O–H groups in total. The molecule has 0 aromatic rings. The molecule has 1 rings (SSSR count). The predicted molar refractivity (Wildman–Crippen MR) is 65.2 cm³/mol. The molecule has 2 heteroatoms. The summed E-state index contributed by atoms with van der Waals surface area (Å²) in [5.41, 5.74) is 0.0246. The average molecular weight is 213 g/mol. The largest absolute Gasteiger partial charge is 0.371 e. The standard InChI is InChI=1S/C13H27NO/c1-5-13(3,4)15-11(2)10-14-12-8-6-7-9-12/h11-12,14H,5-10H2,1-4H3. The molecule has 1 aliphatic rings. The molecule has 15 heavy (non-hydrogen) atoms. The average Bonchev–Trinajstić information content (AvgIpc) is 2.66. The molecule has 1 unspecified atom stereocenters. The van der Waals surface area contributed by atoms with Crippen LogP contribution in [-0.2, 0) is 4.74 Å². The summed E-state index contributed by atoms with van der Waals surface area (Å²) in [4.78, 5) is 0. The molecule has 0 aliphatic heterocycles. The van der Waals surface area contributed by atoms with Gasteiger partial charge in [0, 0.05) is 12.6 Å². The minimum Gasteiger partial charge on any atom is -0.371 e. The Morgan fingerprint density at radius 1 is 1.33 bits per heavy atom. The van der Waals surface area contributed by atoms with Gasteiger partial charge in [-0.2, -0.15) is 0 Å². The molecular formula is C13H27NO. The number of nitrogens with one attached hydrogen (secondary N) is 1. The molecule has 0 aromatic heterocycles. The molecule has 1 aliphatic carbocycles. The van der Waals surface area contributed by atoms with Crippen LogP contribution in [0.1, 0.15) is 59.8 Å². The molecule has 0 heterocycles. The van der Waals surface area contributed by atoms with Crippen LogP contribution < -0.4 is 5.32 Å². The predicted octanol–water partition coefficient (Wildman–Crippen LogP) is 3.11. The monoisotopic (exact) mass is 213 g/mol. The number of hydrogen-bond acceptors (Lipinski definition) is 2. The van der Waals surface area contributed by atoms with Gasteiger partial charge < -0.3 is 10.1 Å². The van der Waals surface area contributed by atoms with Gasteiger partial charge in [-0.15, -0.1) is 0 Å². The maximum Gasteiger partial charge on any atom is 0.0678 e. The van der Waals surface area contributed by atoms with Crippen LogP contribution in [0.15, 0.2) is 0 Å². The molecular weight excluding hydrogens is 186 g/mol. The number of rotatable bonds is 6. The first-order chi connectivity index (χ1) is 7.03. The summed E-state index contributed by atoms with van der Waals surface area (Å²) in [7, 11) is 0. The normalized spacial score (nSPS) is 20.8. The van der Waals surface area contributed by atoms with E-state index in [1.165, 1.54) is 25.7 Å². The summed E-state index contributed by atoms with van der Waals surface area (Å²) in [6, 6.07) is 0.751. The Morgan fingerprint density at radius 3 is 2.47 bits per heavy atom.